The lowest BCUT2D eigenvalue weighted by atomic mass is 10.0. The molecule has 0 bridgehead atoms. The minimum absolute atomic E-state index is 0.00306. The highest BCUT2D eigenvalue weighted by Crippen LogP contribution is 2.41. The quantitative estimate of drug-likeness (QED) is 0.629. The normalized spacial score (nSPS) is 22.3. The van der Waals surface area contributed by atoms with E-state index in [4.69, 9.17) is 10.00 Å². The van der Waals surface area contributed by atoms with Gasteiger partial charge in [0.2, 0.25) is 5.91 Å². The maximum atomic E-state index is 12.1. The van der Waals surface area contributed by atoms with Crippen LogP contribution in [0.1, 0.15) is 36.9 Å². The summed E-state index contributed by atoms with van der Waals surface area (Å²) in [4.78, 5) is 23.9. The summed E-state index contributed by atoms with van der Waals surface area (Å²) < 4.78 is 4.95. The van der Waals surface area contributed by atoms with Crippen LogP contribution in [0.2, 0.25) is 0 Å². The molecule has 0 radical (unpaired) electrons. The Morgan fingerprint density at radius 1 is 1.43 bits per heavy atom. The van der Waals surface area contributed by atoms with Crippen molar-refractivity contribution in [2.75, 3.05) is 13.2 Å². The van der Waals surface area contributed by atoms with Gasteiger partial charge in [-0.05, 0) is 24.6 Å². The predicted octanol–water partition coefficient (Wildman–Crippen LogP) is 1.90. The number of ether oxygens (including phenoxy) is 1. The highest BCUT2D eigenvalue weighted by atomic mass is 16.5. The molecule has 0 spiro atoms. The van der Waals surface area contributed by atoms with E-state index >= 15 is 0 Å². The van der Waals surface area contributed by atoms with Crippen LogP contribution in [0.5, 0.6) is 0 Å². The van der Waals surface area contributed by atoms with Gasteiger partial charge in [0.15, 0.2) is 0 Å². The molecule has 23 heavy (non-hydrogen) atoms. The number of amides is 1. The molecule has 2 heterocycles. The third-order valence-corrected chi connectivity index (χ3v) is 4.08. The minimum Gasteiger partial charge on any atom is -0.463 e. The first-order valence-electron chi connectivity index (χ1n) is 7.61. The molecule has 0 aliphatic carbocycles. The van der Waals surface area contributed by atoms with E-state index in [2.05, 4.69) is 6.07 Å². The molecule has 1 atom stereocenters. The molecule has 0 saturated carbocycles. The van der Waals surface area contributed by atoms with Crippen molar-refractivity contribution in [3.05, 3.63) is 47.2 Å². The molecule has 1 aromatic rings. The summed E-state index contributed by atoms with van der Waals surface area (Å²) in [5, 5.41) is 12.5. The zero-order valence-corrected chi connectivity index (χ0v) is 12.9. The Bertz CT molecular complexity index is 703. The van der Waals surface area contributed by atoms with Crippen LogP contribution < -0.4 is 0 Å². The van der Waals surface area contributed by atoms with Crippen LogP contribution in [0, 0.1) is 11.3 Å². The van der Waals surface area contributed by atoms with E-state index in [0.717, 1.165) is 5.56 Å². The number of hydrogen-bond acceptors (Lipinski definition) is 5. The van der Waals surface area contributed by atoms with Crippen LogP contribution in [0.15, 0.2) is 36.0 Å². The van der Waals surface area contributed by atoms with Gasteiger partial charge >= 0.3 is 5.97 Å². The first-order chi connectivity index (χ1) is 11.1. The maximum absolute atomic E-state index is 12.1. The molecule has 1 aromatic carbocycles. The van der Waals surface area contributed by atoms with Gasteiger partial charge in [-0.2, -0.15) is 5.26 Å². The Labute approximate surface area is 134 Å². The van der Waals surface area contributed by atoms with E-state index in [-0.39, 0.29) is 11.9 Å². The van der Waals surface area contributed by atoms with Crippen molar-refractivity contribution >= 4 is 11.9 Å². The van der Waals surface area contributed by atoms with E-state index in [1.54, 1.807) is 24.1 Å². The highest BCUT2D eigenvalue weighted by Gasteiger charge is 2.43. The molecule has 2 aliphatic heterocycles. The molecule has 2 fully saturated rings. The number of hydrazine groups is 1. The van der Waals surface area contributed by atoms with E-state index in [1.807, 2.05) is 17.1 Å². The van der Waals surface area contributed by atoms with Crippen molar-refractivity contribution in [1.29, 1.82) is 5.26 Å². The molecule has 0 aromatic heterocycles. The van der Waals surface area contributed by atoms with Gasteiger partial charge < -0.3 is 4.74 Å². The summed E-state index contributed by atoms with van der Waals surface area (Å²) in [7, 11) is 0. The SMILES string of the molecule is CCOC(=O)/C=C1/CC(c2ccc(C#N)cc2)N2CCC(=O)N12. The molecule has 1 unspecified atom stereocenters. The lowest BCUT2D eigenvalue weighted by Crippen LogP contribution is -2.32. The Kier molecular flexibility index (Phi) is 4.13. The van der Waals surface area contributed by atoms with Crippen LogP contribution in [0.4, 0.5) is 0 Å². The number of carbonyl (C=O) groups is 2. The van der Waals surface area contributed by atoms with Crippen molar-refractivity contribution < 1.29 is 14.3 Å². The Balaban J connectivity index is 1.89. The van der Waals surface area contributed by atoms with E-state index in [1.165, 1.54) is 6.08 Å². The number of fused-ring (bicyclic) bond motifs is 1. The number of nitrogens with zero attached hydrogens (tertiary/aromatic N) is 3. The summed E-state index contributed by atoms with van der Waals surface area (Å²) >= 11 is 0. The van der Waals surface area contributed by atoms with E-state index in [9.17, 15) is 9.59 Å². The van der Waals surface area contributed by atoms with Gasteiger partial charge in [0.1, 0.15) is 0 Å². The van der Waals surface area contributed by atoms with Crippen molar-refractivity contribution in [3.63, 3.8) is 0 Å². The van der Waals surface area contributed by atoms with E-state index in [0.29, 0.717) is 37.3 Å². The molecule has 0 N–H and O–H groups in total. The average Bonchev–Trinajstić information content (AvgIpc) is 3.10. The number of hydrogen-bond donors (Lipinski definition) is 0. The van der Waals surface area contributed by atoms with Crippen LogP contribution in [-0.2, 0) is 14.3 Å². The fraction of sp³-hybridized carbons (Fsp3) is 0.353. The number of rotatable bonds is 3. The molecule has 118 valence electrons. The summed E-state index contributed by atoms with van der Waals surface area (Å²) in [6.07, 6.45) is 2.41. The van der Waals surface area contributed by atoms with Gasteiger partial charge in [-0.1, -0.05) is 12.1 Å². The summed E-state index contributed by atoms with van der Waals surface area (Å²) in [6.45, 7) is 2.68. The van der Waals surface area contributed by atoms with Crippen LogP contribution in [-0.4, -0.2) is 35.0 Å². The third-order valence-electron chi connectivity index (χ3n) is 4.08. The standard InChI is InChI=1S/C17H17N3O3/c1-2-23-17(22)10-14-9-15(19-8-7-16(21)20(14)19)13-5-3-12(11-18)4-6-13/h3-6,10,15H,2,7-9H2,1H3/b14-10-. The molecule has 6 nitrogen and oxygen atoms in total. The fourth-order valence-corrected chi connectivity index (χ4v) is 3.08. The van der Waals surface area contributed by atoms with Crippen molar-refractivity contribution in [2.45, 2.75) is 25.8 Å². The first kappa shape index (κ1) is 15.3. The fourth-order valence-electron chi connectivity index (χ4n) is 3.08. The van der Waals surface area contributed by atoms with Crippen LogP contribution in [0.25, 0.3) is 0 Å². The van der Waals surface area contributed by atoms with Gasteiger partial charge in [0.05, 0.1) is 24.3 Å². The van der Waals surface area contributed by atoms with Crippen molar-refractivity contribution in [1.82, 2.24) is 10.0 Å². The maximum Gasteiger partial charge on any atom is 0.332 e. The Morgan fingerprint density at radius 2 is 2.17 bits per heavy atom. The second-order valence-corrected chi connectivity index (χ2v) is 5.46. The van der Waals surface area contributed by atoms with E-state index < -0.39 is 5.97 Å². The largest absolute Gasteiger partial charge is 0.463 e. The molecule has 3 rings (SSSR count). The van der Waals surface area contributed by atoms with Crippen LogP contribution in [0.3, 0.4) is 0 Å². The zero-order chi connectivity index (χ0) is 16.4. The number of nitriles is 1. The average molecular weight is 311 g/mol. The Hall–Kier alpha value is -2.65. The summed E-state index contributed by atoms with van der Waals surface area (Å²) in [5.41, 5.74) is 2.29. The summed E-state index contributed by atoms with van der Waals surface area (Å²) in [6, 6.07) is 9.43. The monoisotopic (exact) mass is 311 g/mol. The first-order valence-corrected chi connectivity index (χ1v) is 7.61. The van der Waals surface area contributed by atoms with Crippen molar-refractivity contribution in [2.24, 2.45) is 0 Å². The summed E-state index contributed by atoms with van der Waals surface area (Å²) in [5.74, 6) is -0.431. The highest BCUT2D eigenvalue weighted by molar-refractivity contribution is 5.86. The number of esters is 1. The van der Waals surface area contributed by atoms with Gasteiger partial charge in [0, 0.05) is 31.2 Å². The van der Waals surface area contributed by atoms with Gasteiger partial charge in [0.25, 0.3) is 0 Å². The van der Waals surface area contributed by atoms with Crippen LogP contribution >= 0.6 is 0 Å². The second kappa shape index (κ2) is 6.23. The molecular formula is C17H17N3O3. The molecule has 1 amide bonds. The molecule has 2 saturated heterocycles. The minimum atomic E-state index is -0.428. The Morgan fingerprint density at radius 3 is 2.83 bits per heavy atom. The lowest BCUT2D eigenvalue weighted by Gasteiger charge is -2.24. The number of carbonyl (C=O) groups excluding carboxylic acids is 2. The van der Waals surface area contributed by atoms with Crippen molar-refractivity contribution in [3.8, 4) is 6.07 Å². The predicted molar refractivity (Wildman–Crippen MR) is 81.4 cm³/mol. The second-order valence-electron chi connectivity index (χ2n) is 5.46. The lowest BCUT2D eigenvalue weighted by molar-refractivity contribution is -0.137. The smallest absolute Gasteiger partial charge is 0.332 e. The topological polar surface area (TPSA) is 73.6 Å². The van der Waals surface area contributed by atoms with Gasteiger partial charge in [-0.25, -0.2) is 14.8 Å². The molecule has 6 heteroatoms. The number of benzene rings is 1. The third kappa shape index (κ3) is 2.83. The molecule has 2 aliphatic rings. The molecular weight excluding hydrogens is 294 g/mol. The van der Waals surface area contributed by atoms with Gasteiger partial charge in [-0.3, -0.25) is 4.79 Å². The van der Waals surface area contributed by atoms with Gasteiger partial charge in [-0.15, -0.1) is 0 Å². The zero-order valence-electron chi connectivity index (χ0n) is 12.9.